The van der Waals surface area contributed by atoms with E-state index in [1.165, 1.54) is 10.8 Å². The fraction of sp³-hybridized carbons (Fsp3) is 0.200. The number of benzene rings is 2. The second-order valence-electron chi connectivity index (χ2n) is 4.22. The number of rotatable bonds is 5. The van der Waals surface area contributed by atoms with E-state index in [4.69, 9.17) is 4.74 Å². The maximum absolute atomic E-state index is 5.71. The molecular weight excluding hydrogens is 290 g/mol. The van der Waals surface area contributed by atoms with E-state index >= 15 is 0 Å². The summed E-state index contributed by atoms with van der Waals surface area (Å²) in [7, 11) is 1.90. The molecule has 1 N–H and O–H groups in total. The quantitative estimate of drug-likeness (QED) is 0.849. The van der Waals surface area contributed by atoms with E-state index in [9.17, 15) is 0 Å². The second kappa shape index (κ2) is 6.03. The van der Waals surface area contributed by atoms with Crippen molar-refractivity contribution in [3.63, 3.8) is 0 Å². The molecule has 18 heavy (non-hydrogen) atoms. The maximum atomic E-state index is 5.71. The SMILES string of the molecule is C=C(CNC)COc1ccc2cc(Br)ccc2c1. The Hall–Kier alpha value is -1.32. The summed E-state index contributed by atoms with van der Waals surface area (Å²) < 4.78 is 6.80. The normalized spacial score (nSPS) is 10.6. The molecule has 0 unspecified atom stereocenters. The molecule has 0 atom stereocenters. The van der Waals surface area contributed by atoms with Crippen molar-refractivity contribution in [3.05, 3.63) is 53.0 Å². The standard InChI is InChI=1S/C15H16BrNO/c1-11(9-17-2)10-18-15-6-4-12-7-14(16)5-3-13(12)8-15/h3-8,17H,1,9-10H2,2H3. The van der Waals surface area contributed by atoms with Crippen LogP contribution in [-0.4, -0.2) is 20.2 Å². The lowest BCUT2D eigenvalue weighted by molar-refractivity contribution is 0.349. The first-order valence-corrected chi connectivity index (χ1v) is 6.62. The Balaban J connectivity index is 2.10. The van der Waals surface area contributed by atoms with Crippen LogP contribution in [0, 0.1) is 0 Å². The summed E-state index contributed by atoms with van der Waals surface area (Å²) in [6, 6.07) is 12.3. The summed E-state index contributed by atoms with van der Waals surface area (Å²) in [5.74, 6) is 0.877. The lowest BCUT2D eigenvalue weighted by Gasteiger charge is -2.09. The molecule has 0 aliphatic rings. The van der Waals surface area contributed by atoms with Crippen molar-refractivity contribution in [2.45, 2.75) is 0 Å². The average molecular weight is 306 g/mol. The molecule has 0 aliphatic carbocycles. The molecule has 0 saturated carbocycles. The van der Waals surface area contributed by atoms with Gasteiger partial charge in [0.25, 0.3) is 0 Å². The molecule has 3 heteroatoms. The predicted molar refractivity (Wildman–Crippen MR) is 80.2 cm³/mol. The third-order valence-corrected chi connectivity index (χ3v) is 3.14. The minimum Gasteiger partial charge on any atom is -0.489 e. The van der Waals surface area contributed by atoms with Gasteiger partial charge in [0, 0.05) is 11.0 Å². The third kappa shape index (κ3) is 3.34. The highest BCUT2D eigenvalue weighted by atomic mass is 79.9. The summed E-state index contributed by atoms with van der Waals surface area (Å²) in [6.45, 7) is 5.26. The van der Waals surface area contributed by atoms with Gasteiger partial charge in [-0.25, -0.2) is 0 Å². The van der Waals surface area contributed by atoms with Gasteiger partial charge in [-0.3, -0.25) is 0 Å². The van der Waals surface area contributed by atoms with Gasteiger partial charge in [0.1, 0.15) is 12.4 Å². The van der Waals surface area contributed by atoms with Crippen LogP contribution in [0.15, 0.2) is 53.0 Å². The van der Waals surface area contributed by atoms with Gasteiger partial charge in [-0.15, -0.1) is 0 Å². The zero-order valence-corrected chi connectivity index (χ0v) is 12.0. The van der Waals surface area contributed by atoms with Crippen molar-refractivity contribution < 1.29 is 4.74 Å². The average Bonchev–Trinajstić information content (AvgIpc) is 2.36. The molecule has 0 aliphatic heterocycles. The fourth-order valence-electron chi connectivity index (χ4n) is 1.77. The molecule has 0 fully saturated rings. The van der Waals surface area contributed by atoms with Crippen LogP contribution in [0.1, 0.15) is 0 Å². The highest BCUT2D eigenvalue weighted by Gasteiger charge is 1.99. The Morgan fingerprint density at radius 1 is 1.22 bits per heavy atom. The van der Waals surface area contributed by atoms with E-state index in [1.54, 1.807) is 0 Å². The molecule has 2 aromatic rings. The first-order chi connectivity index (χ1) is 8.69. The van der Waals surface area contributed by atoms with E-state index in [-0.39, 0.29) is 0 Å². The van der Waals surface area contributed by atoms with Crippen LogP contribution in [0.5, 0.6) is 5.75 Å². The van der Waals surface area contributed by atoms with Gasteiger partial charge in [-0.1, -0.05) is 34.6 Å². The van der Waals surface area contributed by atoms with Crippen molar-refractivity contribution >= 4 is 26.7 Å². The van der Waals surface area contributed by atoms with Crippen LogP contribution in [0.3, 0.4) is 0 Å². The number of likely N-dealkylation sites (N-methyl/N-ethyl adjacent to an activating group) is 1. The van der Waals surface area contributed by atoms with Gasteiger partial charge in [0.05, 0.1) is 0 Å². The van der Waals surface area contributed by atoms with E-state index in [0.717, 1.165) is 22.3 Å². The van der Waals surface area contributed by atoms with Crippen molar-refractivity contribution in [1.82, 2.24) is 5.32 Å². The Bertz CT molecular complexity index is 565. The van der Waals surface area contributed by atoms with Gasteiger partial charge in [0.15, 0.2) is 0 Å². The lowest BCUT2D eigenvalue weighted by atomic mass is 10.1. The number of halogens is 1. The highest BCUT2D eigenvalue weighted by Crippen LogP contribution is 2.24. The molecule has 0 heterocycles. The van der Waals surface area contributed by atoms with Crippen LogP contribution in [-0.2, 0) is 0 Å². The molecule has 0 spiro atoms. The molecule has 0 radical (unpaired) electrons. The minimum atomic E-state index is 0.545. The van der Waals surface area contributed by atoms with Gasteiger partial charge in [0.2, 0.25) is 0 Å². The van der Waals surface area contributed by atoms with Crippen molar-refractivity contribution in [2.24, 2.45) is 0 Å². The smallest absolute Gasteiger partial charge is 0.120 e. The number of nitrogens with one attached hydrogen (secondary N) is 1. The first kappa shape index (κ1) is 13.1. The van der Waals surface area contributed by atoms with Crippen molar-refractivity contribution in [1.29, 1.82) is 0 Å². The van der Waals surface area contributed by atoms with Crippen LogP contribution < -0.4 is 10.1 Å². The number of hydrogen-bond acceptors (Lipinski definition) is 2. The first-order valence-electron chi connectivity index (χ1n) is 5.82. The van der Waals surface area contributed by atoms with E-state index in [0.29, 0.717) is 6.61 Å². The summed E-state index contributed by atoms with van der Waals surface area (Å²) in [6.07, 6.45) is 0. The maximum Gasteiger partial charge on any atom is 0.120 e. The van der Waals surface area contributed by atoms with Gasteiger partial charge in [-0.05, 0) is 47.7 Å². The van der Waals surface area contributed by atoms with Gasteiger partial charge < -0.3 is 10.1 Å². The molecule has 2 aromatic carbocycles. The molecular formula is C15H16BrNO. The third-order valence-electron chi connectivity index (χ3n) is 2.64. The molecule has 2 rings (SSSR count). The molecule has 0 aromatic heterocycles. The minimum absolute atomic E-state index is 0.545. The second-order valence-corrected chi connectivity index (χ2v) is 5.14. The number of fused-ring (bicyclic) bond motifs is 1. The Kier molecular flexibility index (Phi) is 4.39. The number of ether oxygens (including phenoxy) is 1. The summed E-state index contributed by atoms with van der Waals surface area (Å²) >= 11 is 3.47. The lowest BCUT2D eigenvalue weighted by Crippen LogP contribution is -2.14. The van der Waals surface area contributed by atoms with Crippen LogP contribution >= 0.6 is 15.9 Å². The summed E-state index contributed by atoms with van der Waals surface area (Å²) in [5.41, 5.74) is 1.04. The molecule has 94 valence electrons. The molecule has 0 saturated heterocycles. The number of hydrogen-bond donors (Lipinski definition) is 1. The summed E-state index contributed by atoms with van der Waals surface area (Å²) in [5, 5.41) is 5.43. The van der Waals surface area contributed by atoms with Gasteiger partial charge in [-0.2, -0.15) is 0 Å². The Morgan fingerprint density at radius 3 is 2.72 bits per heavy atom. The Labute approximate surface area is 116 Å². The van der Waals surface area contributed by atoms with Crippen LogP contribution in [0.4, 0.5) is 0 Å². The largest absolute Gasteiger partial charge is 0.489 e. The summed E-state index contributed by atoms with van der Waals surface area (Å²) in [4.78, 5) is 0. The van der Waals surface area contributed by atoms with E-state index in [1.807, 2.05) is 19.2 Å². The van der Waals surface area contributed by atoms with Gasteiger partial charge >= 0.3 is 0 Å². The van der Waals surface area contributed by atoms with Crippen molar-refractivity contribution in [2.75, 3.05) is 20.2 Å². The highest BCUT2D eigenvalue weighted by molar-refractivity contribution is 9.10. The van der Waals surface area contributed by atoms with Crippen LogP contribution in [0.2, 0.25) is 0 Å². The Morgan fingerprint density at radius 2 is 1.94 bits per heavy atom. The molecule has 0 bridgehead atoms. The monoisotopic (exact) mass is 305 g/mol. The van der Waals surface area contributed by atoms with E-state index < -0.39 is 0 Å². The fourth-order valence-corrected chi connectivity index (χ4v) is 2.15. The predicted octanol–water partition coefficient (Wildman–Crippen LogP) is 3.76. The molecule has 0 amide bonds. The zero-order chi connectivity index (χ0) is 13.0. The molecule has 2 nitrogen and oxygen atoms in total. The van der Waals surface area contributed by atoms with Crippen molar-refractivity contribution in [3.8, 4) is 5.75 Å². The van der Waals surface area contributed by atoms with Crippen LogP contribution in [0.25, 0.3) is 10.8 Å². The topological polar surface area (TPSA) is 21.3 Å². The van der Waals surface area contributed by atoms with E-state index in [2.05, 4.69) is 52.1 Å². The zero-order valence-electron chi connectivity index (χ0n) is 10.4.